The van der Waals surface area contributed by atoms with Gasteiger partial charge in [-0.3, -0.25) is 4.79 Å². The lowest BCUT2D eigenvalue weighted by atomic mass is 9.74. The van der Waals surface area contributed by atoms with E-state index in [4.69, 9.17) is 0 Å². The third-order valence-electron chi connectivity index (χ3n) is 5.18. The lowest BCUT2D eigenvalue weighted by molar-refractivity contribution is -0.111. The Morgan fingerprint density at radius 1 is 1.30 bits per heavy atom. The van der Waals surface area contributed by atoms with Crippen LogP contribution in [-0.2, 0) is 4.79 Å². The maximum Gasteiger partial charge on any atom is 0.207 e. The van der Waals surface area contributed by atoms with Crippen molar-refractivity contribution in [2.75, 3.05) is 0 Å². The van der Waals surface area contributed by atoms with E-state index in [1.54, 1.807) is 0 Å². The predicted molar refractivity (Wildman–Crippen MR) is 100 cm³/mol. The van der Waals surface area contributed by atoms with E-state index in [0.717, 1.165) is 38.5 Å². The van der Waals surface area contributed by atoms with Crippen molar-refractivity contribution in [3.05, 3.63) is 34.9 Å². The van der Waals surface area contributed by atoms with Crippen LogP contribution >= 0.6 is 0 Å². The van der Waals surface area contributed by atoms with Gasteiger partial charge in [0.2, 0.25) is 6.41 Å². The van der Waals surface area contributed by atoms with Crippen LogP contribution in [0.3, 0.4) is 0 Å². The normalized spacial score (nSPS) is 21.2. The zero-order valence-electron chi connectivity index (χ0n) is 15.7. The van der Waals surface area contributed by atoms with Gasteiger partial charge in [0.15, 0.2) is 0 Å². The van der Waals surface area contributed by atoms with E-state index in [2.05, 4.69) is 58.2 Å². The molecule has 1 N–H and O–H groups in total. The molecule has 1 amide bonds. The van der Waals surface area contributed by atoms with Crippen LogP contribution in [0.4, 0.5) is 0 Å². The summed E-state index contributed by atoms with van der Waals surface area (Å²) in [7, 11) is 0. The standard InChI is InChI=1S/C21H35NO/c1-17(2)8-6-9-18(3)10-7-15-21(5,22-16-23)20-13-11-19(4)12-14-20/h8,10-11,16,20H,6-7,9,12-15H2,1-5H3,(H,22,23)/b18-10+/t20-,21+/m1/s1. The molecule has 2 heteroatoms. The first-order valence-electron chi connectivity index (χ1n) is 9.03. The second-order valence-electron chi connectivity index (χ2n) is 7.61. The SMILES string of the molecule is CC(C)=CCC/C(C)=C/CC[C@](C)(NC=O)[C@@H]1CC=C(C)CC1. The summed E-state index contributed by atoms with van der Waals surface area (Å²) in [6, 6.07) is 0. The number of amides is 1. The van der Waals surface area contributed by atoms with Crippen molar-refractivity contribution < 1.29 is 4.79 Å². The summed E-state index contributed by atoms with van der Waals surface area (Å²) in [6.45, 7) is 10.9. The Balaban J connectivity index is 2.55. The van der Waals surface area contributed by atoms with E-state index >= 15 is 0 Å². The van der Waals surface area contributed by atoms with E-state index in [1.807, 2.05) is 0 Å². The Labute approximate surface area is 143 Å². The molecule has 0 unspecified atom stereocenters. The van der Waals surface area contributed by atoms with Gasteiger partial charge in [0.1, 0.15) is 0 Å². The average molecular weight is 318 g/mol. The number of carbonyl (C=O) groups is 1. The number of hydrogen-bond donors (Lipinski definition) is 1. The van der Waals surface area contributed by atoms with Crippen molar-refractivity contribution in [3.8, 4) is 0 Å². The largest absolute Gasteiger partial charge is 0.353 e. The van der Waals surface area contributed by atoms with E-state index in [-0.39, 0.29) is 5.54 Å². The molecular weight excluding hydrogens is 282 g/mol. The number of carbonyl (C=O) groups excluding carboxylic acids is 1. The van der Waals surface area contributed by atoms with Crippen LogP contribution in [0.15, 0.2) is 34.9 Å². The summed E-state index contributed by atoms with van der Waals surface area (Å²) < 4.78 is 0. The lowest BCUT2D eigenvalue weighted by Gasteiger charge is -2.39. The number of nitrogens with one attached hydrogen (secondary N) is 1. The molecule has 0 aliphatic heterocycles. The fraction of sp³-hybridized carbons (Fsp3) is 0.667. The molecule has 2 atom stereocenters. The monoisotopic (exact) mass is 317 g/mol. The number of allylic oxidation sites excluding steroid dienone is 6. The van der Waals surface area contributed by atoms with Gasteiger partial charge in [-0.15, -0.1) is 0 Å². The fourth-order valence-corrected chi connectivity index (χ4v) is 3.38. The highest BCUT2D eigenvalue weighted by atomic mass is 16.1. The van der Waals surface area contributed by atoms with Crippen molar-refractivity contribution in [2.24, 2.45) is 5.92 Å². The zero-order chi connectivity index (χ0) is 17.3. The second kappa shape index (κ2) is 9.75. The maximum absolute atomic E-state index is 11.1. The summed E-state index contributed by atoms with van der Waals surface area (Å²) in [5.74, 6) is 0.552. The molecule has 0 spiro atoms. The minimum Gasteiger partial charge on any atom is -0.353 e. The molecule has 1 rings (SSSR count). The van der Waals surface area contributed by atoms with E-state index in [9.17, 15) is 4.79 Å². The minimum atomic E-state index is -0.0877. The van der Waals surface area contributed by atoms with Crippen molar-refractivity contribution >= 4 is 6.41 Å². The summed E-state index contributed by atoms with van der Waals surface area (Å²) in [4.78, 5) is 11.1. The smallest absolute Gasteiger partial charge is 0.207 e. The first-order valence-corrected chi connectivity index (χ1v) is 9.03. The van der Waals surface area contributed by atoms with Gasteiger partial charge in [-0.05, 0) is 85.5 Å². The van der Waals surface area contributed by atoms with Gasteiger partial charge in [-0.2, -0.15) is 0 Å². The van der Waals surface area contributed by atoms with Gasteiger partial charge < -0.3 is 5.32 Å². The molecule has 0 heterocycles. The molecule has 0 saturated carbocycles. The molecule has 0 bridgehead atoms. The van der Waals surface area contributed by atoms with Gasteiger partial charge in [-0.25, -0.2) is 0 Å². The van der Waals surface area contributed by atoms with Gasteiger partial charge in [0, 0.05) is 5.54 Å². The fourth-order valence-electron chi connectivity index (χ4n) is 3.38. The lowest BCUT2D eigenvalue weighted by Crippen LogP contribution is -2.48. The third kappa shape index (κ3) is 7.20. The topological polar surface area (TPSA) is 29.1 Å². The predicted octanol–water partition coefficient (Wildman–Crippen LogP) is 5.71. The molecule has 2 nitrogen and oxygen atoms in total. The first-order chi connectivity index (χ1) is 10.9. The minimum absolute atomic E-state index is 0.0877. The van der Waals surface area contributed by atoms with Crippen LogP contribution in [0.2, 0.25) is 0 Å². The van der Waals surface area contributed by atoms with E-state index < -0.39 is 0 Å². The quantitative estimate of drug-likeness (QED) is 0.428. The third-order valence-corrected chi connectivity index (χ3v) is 5.18. The zero-order valence-corrected chi connectivity index (χ0v) is 15.7. The Kier molecular flexibility index (Phi) is 8.36. The molecule has 23 heavy (non-hydrogen) atoms. The van der Waals surface area contributed by atoms with Gasteiger partial charge in [0.25, 0.3) is 0 Å². The van der Waals surface area contributed by atoms with Crippen molar-refractivity contribution in [3.63, 3.8) is 0 Å². The molecule has 0 radical (unpaired) electrons. The molecule has 130 valence electrons. The summed E-state index contributed by atoms with van der Waals surface area (Å²) in [5, 5.41) is 3.13. The van der Waals surface area contributed by atoms with Gasteiger partial charge in [-0.1, -0.05) is 34.9 Å². The van der Waals surface area contributed by atoms with Crippen molar-refractivity contribution in [2.45, 2.75) is 85.1 Å². The Morgan fingerprint density at radius 3 is 2.61 bits per heavy atom. The van der Waals surface area contributed by atoms with Crippen molar-refractivity contribution in [1.82, 2.24) is 5.32 Å². The Morgan fingerprint density at radius 2 is 2.04 bits per heavy atom. The molecule has 1 aliphatic rings. The molecular formula is C21H35NO. The van der Waals surface area contributed by atoms with Crippen LogP contribution in [0.1, 0.15) is 79.6 Å². The van der Waals surface area contributed by atoms with Gasteiger partial charge in [0.05, 0.1) is 0 Å². The molecule has 0 aromatic heterocycles. The van der Waals surface area contributed by atoms with Crippen molar-refractivity contribution in [1.29, 1.82) is 0 Å². The highest BCUT2D eigenvalue weighted by Gasteiger charge is 2.33. The first kappa shape index (κ1) is 19.7. The van der Waals surface area contributed by atoms with E-state index in [1.165, 1.54) is 29.6 Å². The molecule has 0 fully saturated rings. The Hall–Kier alpha value is -1.31. The van der Waals surface area contributed by atoms with Gasteiger partial charge >= 0.3 is 0 Å². The van der Waals surface area contributed by atoms with Crippen LogP contribution < -0.4 is 5.32 Å². The molecule has 0 aromatic carbocycles. The Bertz CT molecular complexity index is 468. The highest BCUT2D eigenvalue weighted by molar-refractivity contribution is 5.48. The molecule has 0 saturated heterocycles. The number of hydrogen-bond acceptors (Lipinski definition) is 1. The van der Waals surface area contributed by atoms with Crippen LogP contribution in [-0.4, -0.2) is 11.9 Å². The average Bonchev–Trinajstić information content (AvgIpc) is 2.47. The second-order valence-corrected chi connectivity index (χ2v) is 7.61. The molecule has 0 aromatic rings. The molecule has 1 aliphatic carbocycles. The highest BCUT2D eigenvalue weighted by Crippen LogP contribution is 2.34. The summed E-state index contributed by atoms with van der Waals surface area (Å²) in [5.41, 5.74) is 4.25. The maximum atomic E-state index is 11.1. The number of rotatable bonds is 9. The van der Waals surface area contributed by atoms with Crippen LogP contribution in [0.5, 0.6) is 0 Å². The van der Waals surface area contributed by atoms with Crippen LogP contribution in [0, 0.1) is 5.92 Å². The van der Waals surface area contributed by atoms with E-state index in [0.29, 0.717) is 5.92 Å². The summed E-state index contributed by atoms with van der Waals surface area (Å²) >= 11 is 0. The van der Waals surface area contributed by atoms with Crippen LogP contribution in [0.25, 0.3) is 0 Å². The summed E-state index contributed by atoms with van der Waals surface area (Å²) in [6.07, 6.45) is 15.6.